The number of sulfonamides is 2. The van der Waals surface area contributed by atoms with Crippen LogP contribution in [0.1, 0.15) is 5.56 Å². The third-order valence-electron chi connectivity index (χ3n) is 3.51. The molecule has 0 heterocycles. The van der Waals surface area contributed by atoms with Crippen molar-refractivity contribution >= 4 is 37.5 Å². The van der Waals surface area contributed by atoms with Gasteiger partial charge in [0.2, 0.25) is 20.0 Å². The molecule has 0 radical (unpaired) electrons. The number of amides is 2. The van der Waals surface area contributed by atoms with Crippen molar-refractivity contribution in [1.82, 2.24) is 5.32 Å². The summed E-state index contributed by atoms with van der Waals surface area (Å²) in [6.07, 6.45) is 0. The second-order valence-electron chi connectivity index (χ2n) is 5.69. The standard InChI is InChI=1S/C16H20N4O5S2/c1-12-4-2-3-5-15(12)19-16(21)18-10-11-26(22,23)20-13-6-8-14(9-7-13)27(17,24)25/h2-9,20H,10-11H2,1H3,(H2,17,24,25)(H2,18,19,21). The number of hydrogen-bond acceptors (Lipinski definition) is 5. The summed E-state index contributed by atoms with van der Waals surface area (Å²) in [5.74, 6) is -0.356. The van der Waals surface area contributed by atoms with Crippen LogP contribution in [0.15, 0.2) is 53.4 Å². The third kappa shape index (κ3) is 6.55. The first-order valence-corrected chi connectivity index (χ1v) is 11.0. The van der Waals surface area contributed by atoms with Crippen molar-refractivity contribution < 1.29 is 21.6 Å². The van der Waals surface area contributed by atoms with E-state index in [0.29, 0.717) is 5.69 Å². The van der Waals surface area contributed by atoms with Gasteiger partial charge in [-0.15, -0.1) is 0 Å². The molecule has 9 nitrogen and oxygen atoms in total. The fourth-order valence-corrected chi connectivity index (χ4v) is 3.61. The van der Waals surface area contributed by atoms with Gasteiger partial charge in [-0.3, -0.25) is 4.72 Å². The number of para-hydroxylation sites is 1. The molecule has 27 heavy (non-hydrogen) atoms. The molecule has 0 saturated heterocycles. The molecule has 0 spiro atoms. The molecule has 0 bridgehead atoms. The van der Waals surface area contributed by atoms with Crippen LogP contribution >= 0.6 is 0 Å². The van der Waals surface area contributed by atoms with E-state index in [0.717, 1.165) is 5.56 Å². The average Bonchev–Trinajstić information content (AvgIpc) is 2.56. The van der Waals surface area contributed by atoms with Gasteiger partial charge in [-0.2, -0.15) is 0 Å². The molecule has 2 amide bonds. The molecule has 0 fully saturated rings. The number of nitrogens with one attached hydrogen (secondary N) is 3. The minimum absolute atomic E-state index is 0.109. The summed E-state index contributed by atoms with van der Waals surface area (Å²) in [4.78, 5) is 11.7. The van der Waals surface area contributed by atoms with Gasteiger partial charge in [0.15, 0.2) is 0 Å². The molecular weight excluding hydrogens is 392 g/mol. The summed E-state index contributed by atoms with van der Waals surface area (Å²) in [6, 6.07) is 11.6. The van der Waals surface area contributed by atoms with Crippen LogP contribution in [0.4, 0.5) is 16.2 Å². The van der Waals surface area contributed by atoms with Crippen molar-refractivity contribution in [3.05, 3.63) is 54.1 Å². The van der Waals surface area contributed by atoms with E-state index in [9.17, 15) is 21.6 Å². The van der Waals surface area contributed by atoms with Gasteiger partial charge in [0, 0.05) is 17.9 Å². The molecule has 0 saturated carbocycles. The Labute approximate surface area is 158 Å². The maximum atomic E-state index is 12.0. The Morgan fingerprint density at radius 2 is 1.63 bits per heavy atom. The van der Waals surface area contributed by atoms with Crippen LogP contribution in [0.2, 0.25) is 0 Å². The molecular formula is C16H20N4O5S2. The van der Waals surface area contributed by atoms with Crippen LogP contribution in [0, 0.1) is 6.92 Å². The van der Waals surface area contributed by atoms with Gasteiger partial charge in [-0.25, -0.2) is 26.8 Å². The average molecular weight is 412 g/mol. The highest BCUT2D eigenvalue weighted by Gasteiger charge is 2.13. The fraction of sp³-hybridized carbons (Fsp3) is 0.188. The molecule has 2 aromatic rings. The minimum Gasteiger partial charge on any atom is -0.337 e. The van der Waals surface area contributed by atoms with Crippen molar-refractivity contribution in [3.8, 4) is 0 Å². The molecule has 0 aliphatic heterocycles. The van der Waals surface area contributed by atoms with E-state index in [4.69, 9.17) is 5.14 Å². The predicted molar refractivity (Wildman–Crippen MR) is 103 cm³/mol. The number of anilines is 2. The summed E-state index contributed by atoms with van der Waals surface area (Å²) in [5, 5.41) is 10.1. The zero-order valence-electron chi connectivity index (χ0n) is 14.5. The van der Waals surface area contributed by atoms with Gasteiger partial charge in [-0.1, -0.05) is 18.2 Å². The van der Waals surface area contributed by atoms with Gasteiger partial charge < -0.3 is 10.6 Å². The van der Waals surface area contributed by atoms with Gasteiger partial charge in [0.1, 0.15) is 0 Å². The molecule has 0 unspecified atom stereocenters. The topological polar surface area (TPSA) is 147 Å². The SMILES string of the molecule is Cc1ccccc1NC(=O)NCCS(=O)(=O)Nc1ccc(S(N)(=O)=O)cc1. The highest BCUT2D eigenvalue weighted by atomic mass is 32.2. The van der Waals surface area contributed by atoms with E-state index in [-0.39, 0.29) is 22.9 Å². The van der Waals surface area contributed by atoms with E-state index in [1.54, 1.807) is 12.1 Å². The van der Waals surface area contributed by atoms with Gasteiger partial charge >= 0.3 is 6.03 Å². The van der Waals surface area contributed by atoms with E-state index in [2.05, 4.69) is 15.4 Å². The zero-order valence-corrected chi connectivity index (χ0v) is 16.1. The smallest absolute Gasteiger partial charge is 0.319 e. The number of benzene rings is 2. The fourth-order valence-electron chi connectivity index (χ4n) is 2.12. The van der Waals surface area contributed by atoms with Crippen LogP contribution in [0.5, 0.6) is 0 Å². The van der Waals surface area contributed by atoms with Crippen LogP contribution in [-0.4, -0.2) is 35.2 Å². The molecule has 146 valence electrons. The summed E-state index contributed by atoms with van der Waals surface area (Å²) < 4.78 is 48.8. The molecule has 11 heteroatoms. The third-order valence-corrected chi connectivity index (χ3v) is 5.72. The first-order valence-electron chi connectivity index (χ1n) is 7.81. The first kappa shape index (κ1) is 20.7. The Morgan fingerprint density at radius 1 is 1.00 bits per heavy atom. The van der Waals surface area contributed by atoms with Crippen molar-refractivity contribution in [2.24, 2.45) is 5.14 Å². The summed E-state index contributed by atoms with van der Waals surface area (Å²) in [5.41, 5.74) is 1.70. The normalized spacial score (nSPS) is 11.6. The first-order chi connectivity index (χ1) is 12.6. The number of carbonyl (C=O) groups excluding carboxylic acids is 1. The lowest BCUT2D eigenvalue weighted by atomic mass is 10.2. The van der Waals surface area contributed by atoms with E-state index in [1.807, 2.05) is 19.1 Å². The molecule has 2 aromatic carbocycles. The molecule has 5 N–H and O–H groups in total. The molecule has 0 aliphatic rings. The zero-order chi connectivity index (χ0) is 20.1. The second-order valence-corrected chi connectivity index (χ2v) is 9.09. The monoisotopic (exact) mass is 412 g/mol. The maximum Gasteiger partial charge on any atom is 0.319 e. The Kier molecular flexibility index (Phi) is 6.41. The number of urea groups is 1. The Bertz CT molecular complexity index is 1020. The molecule has 2 rings (SSSR count). The predicted octanol–water partition coefficient (Wildman–Crippen LogP) is 1.21. The quantitative estimate of drug-likeness (QED) is 0.539. The van der Waals surface area contributed by atoms with Crippen molar-refractivity contribution in [1.29, 1.82) is 0 Å². The number of aryl methyl sites for hydroxylation is 1. The number of nitrogens with two attached hydrogens (primary N) is 1. The number of hydrogen-bond donors (Lipinski definition) is 4. The van der Waals surface area contributed by atoms with Crippen molar-refractivity contribution in [2.75, 3.05) is 22.3 Å². The van der Waals surface area contributed by atoms with Crippen LogP contribution < -0.4 is 20.5 Å². The Balaban J connectivity index is 1.86. The number of carbonyl (C=O) groups is 1. The minimum atomic E-state index is -3.85. The highest BCUT2D eigenvalue weighted by molar-refractivity contribution is 7.92. The summed E-state index contributed by atoms with van der Waals surface area (Å²) in [6.45, 7) is 1.73. The van der Waals surface area contributed by atoms with Gasteiger partial charge in [0.05, 0.1) is 10.6 Å². The second kappa shape index (κ2) is 8.37. The maximum absolute atomic E-state index is 12.0. The lowest BCUT2D eigenvalue weighted by molar-refractivity contribution is 0.252. The molecule has 0 aromatic heterocycles. The lowest BCUT2D eigenvalue weighted by Gasteiger charge is -2.11. The molecule has 0 aliphatic carbocycles. The largest absolute Gasteiger partial charge is 0.337 e. The number of rotatable bonds is 7. The van der Waals surface area contributed by atoms with Crippen LogP contribution in [0.25, 0.3) is 0 Å². The number of primary sulfonamides is 1. The summed E-state index contributed by atoms with van der Waals surface area (Å²) >= 11 is 0. The summed E-state index contributed by atoms with van der Waals surface area (Å²) in [7, 11) is -7.58. The van der Waals surface area contributed by atoms with Crippen LogP contribution in [-0.2, 0) is 20.0 Å². The van der Waals surface area contributed by atoms with E-state index in [1.165, 1.54) is 24.3 Å². The Hall–Kier alpha value is -2.63. The van der Waals surface area contributed by atoms with Crippen molar-refractivity contribution in [2.45, 2.75) is 11.8 Å². The highest BCUT2D eigenvalue weighted by Crippen LogP contribution is 2.14. The lowest BCUT2D eigenvalue weighted by Crippen LogP contribution is -2.34. The van der Waals surface area contributed by atoms with Gasteiger partial charge in [-0.05, 0) is 42.8 Å². The van der Waals surface area contributed by atoms with Crippen molar-refractivity contribution in [3.63, 3.8) is 0 Å². The van der Waals surface area contributed by atoms with E-state index >= 15 is 0 Å². The van der Waals surface area contributed by atoms with E-state index < -0.39 is 26.1 Å². The van der Waals surface area contributed by atoms with Crippen LogP contribution in [0.3, 0.4) is 0 Å². The molecule has 0 atom stereocenters. The Morgan fingerprint density at radius 3 is 2.22 bits per heavy atom. The van der Waals surface area contributed by atoms with Gasteiger partial charge in [0.25, 0.3) is 0 Å².